The monoisotopic (exact) mass is 324 g/mol. The minimum atomic E-state index is -1.38. The Morgan fingerprint density at radius 3 is 2.18 bits per heavy atom. The van der Waals surface area contributed by atoms with Crippen LogP contribution in [0.4, 0.5) is 0 Å². The van der Waals surface area contributed by atoms with E-state index in [9.17, 15) is 20.4 Å². The SMILES string of the molecule is N[C@@H]1[C@H](O[C@H]2[C@H](O)[C@H](N)CO[C@@H]2CO)O[C@H](CO)[C@@H](O)[C@@H]1O. The highest BCUT2D eigenvalue weighted by atomic mass is 16.7. The van der Waals surface area contributed by atoms with Crippen molar-refractivity contribution in [2.45, 2.75) is 55.0 Å². The van der Waals surface area contributed by atoms with Crippen molar-refractivity contribution in [3.05, 3.63) is 0 Å². The molecule has 0 aromatic rings. The van der Waals surface area contributed by atoms with E-state index in [4.69, 9.17) is 30.8 Å². The fourth-order valence-electron chi connectivity index (χ4n) is 2.60. The van der Waals surface area contributed by atoms with Gasteiger partial charge in [0.1, 0.15) is 36.6 Å². The summed E-state index contributed by atoms with van der Waals surface area (Å²) in [5.41, 5.74) is 11.4. The third kappa shape index (κ3) is 3.41. The lowest BCUT2D eigenvalue weighted by Crippen LogP contribution is -2.66. The number of aliphatic hydroxyl groups excluding tert-OH is 5. The second-order valence-corrected chi connectivity index (χ2v) is 5.59. The van der Waals surface area contributed by atoms with Crippen molar-refractivity contribution in [2.24, 2.45) is 11.5 Å². The molecular formula is C12H24N2O8. The van der Waals surface area contributed by atoms with Crippen LogP contribution in [-0.2, 0) is 14.2 Å². The largest absolute Gasteiger partial charge is 0.394 e. The van der Waals surface area contributed by atoms with Crippen LogP contribution in [0.25, 0.3) is 0 Å². The topological polar surface area (TPSA) is 181 Å². The summed E-state index contributed by atoms with van der Waals surface area (Å²) in [7, 11) is 0. The zero-order valence-corrected chi connectivity index (χ0v) is 11.9. The highest BCUT2D eigenvalue weighted by Crippen LogP contribution is 2.25. The van der Waals surface area contributed by atoms with Gasteiger partial charge in [-0.25, -0.2) is 0 Å². The zero-order valence-electron chi connectivity index (χ0n) is 11.9. The predicted molar refractivity (Wildman–Crippen MR) is 71.4 cm³/mol. The molecule has 9 atom stereocenters. The van der Waals surface area contributed by atoms with Gasteiger partial charge in [0, 0.05) is 0 Å². The summed E-state index contributed by atoms with van der Waals surface area (Å²) in [4.78, 5) is 0. The molecular weight excluding hydrogens is 300 g/mol. The van der Waals surface area contributed by atoms with Gasteiger partial charge in [-0.2, -0.15) is 0 Å². The maximum absolute atomic E-state index is 10.1. The third-order valence-corrected chi connectivity index (χ3v) is 4.04. The Balaban J connectivity index is 2.09. The minimum Gasteiger partial charge on any atom is -0.394 e. The first kappa shape index (κ1) is 17.9. The van der Waals surface area contributed by atoms with Crippen molar-refractivity contribution in [2.75, 3.05) is 19.8 Å². The van der Waals surface area contributed by atoms with Gasteiger partial charge < -0.3 is 51.2 Å². The molecule has 2 rings (SSSR count). The molecule has 0 aliphatic carbocycles. The molecule has 2 aliphatic rings. The maximum Gasteiger partial charge on any atom is 0.176 e. The summed E-state index contributed by atoms with van der Waals surface area (Å²) >= 11 is 0. The Morgan fingerprint density at radius 2 is 1.59 bits per heavy atom. The molecule has 2 fully saturated rings. The lowest BCUT2D eigenvalue weighted by molar-refractivity contribution is -0.305. The zero-order chi connectivity index (χ0) is 16.4. The summed E-state index contributed by atoms with van der Waals surface area (Å²) in [6, 6.07) is -1.82. The van der Waals surface area contributed by atoms with Crippen LogP contribution in [0.1, 0.15) is 0 Å². The van der Waals surface area contributed by atoms with Gasteiger partial charge >= 0.3 is 0 Å². The highest BCUT2D eigenvalue weighted by molar-refractivity contribution is 4.95. The van der Waals surface area contributed by atoms with E-state index < -0.39 is 68.2 Å². The van der Waals surface area contributed by atoms with Gasteiger partial charge in [-0.05, 0) is 0 Å². The molecule has 2 saturated heterocycles. The average Bonchev–Trinajstić information content (AvgIpc) is 2.52. The molecule has 2 aliphatic heterocycles. The van der Waals surface area contributed by atoms with Crippen LogP contribution in [-0.4, -0.2) is 100 Å². The van der Waals surface area contributed by atoms with Gasteiger partial charge in [0.15, 0.2) is 6.29 Å². The van der Waals surface area contributed by atoms with E-state index in [0.29, 0.717) is 0 Å². The summed E-state index contributed by atoms with van der Waals surface area (Å²) in [5, 5.41) is 48.1. The quantitative estimate of drug-likeness (QED) is 0.265. The van der Waals surface area contributed by atoms with Crippen LogP contribution >= 0.6 is 0 Å². The number of nitrogens with two attached hydrogens (primary N) is 2. The molecule has 0 spiro atoms. The van der Waals surface area contributed by atoms with Crippen molar-refractivity contribution in [1.29, 1.82) is 0 Å². The van der Waals surface area contributed by atoms with Gasteiger partial charge in [0.2, 0.25) is 0 Å². The molecule has 0 unspecified atom stereocenters. The van der Waals surface area contributed by atoms with E-state index in [1.807, 2.05) is 0 Å². The Morgan fingerprint density at radius 1 is 0.955 bits per heavy atom. The summed E-state index contributed by atoms with van der Waals surface area (Å²) in [6.07, 6.45) is -8.00. The van der Waals surface area contributed by atoms with Crippen molar-refractivity contribution in [3.63, 3.8) is 0 Å². The van der Waals surface area contributed by atoms with Gasteiger partial charge in [-0.3, -0.25) is 0 Å². The highest BCUT2D eigenvalue weighted by Gasteiger charge is 2.47. The van der Waals surface area contributed by atoms with Crippen LogP contribution in [0.2, 0.25) is 0 Å². The smallest absolute Gasteiger partial charge is 0.176 e. The number of ether oxygens (including phenoxy) is 3. The van der Waals surface area contributed by atoms with Crippen molar-refractivity contribution >= 4 is 0 Å². The first-order valence-corrected chi connectivity index (χ1v) is 7.10. The van der Waals surface area contributed by atoms with Gasteiger partial charge in [0.25, 0.3) is 0 Å². The maximum atomic E-state index is 10.1. The normalized spacial score (nSPS) is 50.0. The standard InChI is InChI=1S/C12H24N2O8/c13-4-3-20-6(2-16)11(8(4)17)22-12-7(14)10(19)9(18)5(1-15)21-12/h4-12,15-19H,1-3,13-14H2/t4-,5-,6-,7+,8-,9-,10-,11-,12+/m1/s1. The lowest BCUT2D eigenvalue weighted by Gasteiger charge is -2.45. The molecule has 130 valence electrons. The van der Waals surface area contributed by atoms with Crippen LogP contribution in [0.5, 0.6) is 0 Å². The molecule has 9 N–H and O–H groups in total. The molecule has 10 nitrogen and oxygen atoms in total. The number of hydrogen-bond donors (Lipinski definition) is 7. The van der Waals surface area contributed by atoms with E-state index in [-0.39, 0.29) is 6.61 Å². The Kier molecular flexibility index (Phi) is 6.07. The number of aliphatic hydroxyl groups is 5. The first-order valence-electron chi connectivity index (χ1n) is 7.10. The van der Waals surface area contributed by atoms with E-state index >= 15 is 0 Å². The molecule has 0 radical (unpaired) electrons. The van der Waals surface area contributed by atoms with Crippen molar-refractivity contribution < 1.29 is 39.7 Å². The third-order valence-electron chi connectivity index (χ3n) is 4.04. The lowest BCUT2D eigenvalue weighted by atomic mass is 9.96. The molecule has 0 bridgehead atoms. The summed E-state index contributed by atoms with van der Waals surface area (Å²) in [5.74, 6) is 0. The molecule has 0 aromatic carbocycles. The summed E-state index contributed by atoms with van der Waals surface area (Å²) in [6.45, 7) is -0.896. The van der Waals surface area contributed by atoms with E-state index in [2.05, 4.69) is 0 Å². The van der Waals surface area contributed by atoms with E-state index in [0.717, 1.165) is 0 Å². The Labute approximate surface area is 127 Å². The summed E-state index contributed by atoms with van der Waals surface area (Å²) < 4.78 is 16.1. The van der Waals surface area contributed by atoms with E-state index in [1.165, 1.54) is 0 Å². The Bertz CT molecular complexity index is 358. The molecule has 2 heterocycles. The molecule has 0 saturated carbocycles. The first-order chi connectivity index (χ1) is 10.4. The second kappa shape index (κ2) is 7.45. The van der Waals surface area contributed by atoms with Crippen LogP contribution < -0.4 is 11.5 Å². The van der Waals surface area contributed by atoms with Crippen molar-refractivity contribution in [1.82, 2.24) is 0 Å². The van der Waals surface area contributed by atoms with Gasteiger partial charge in [0.05, 0.1) is 31.9 Å². The Hall–Kier alpha value is -0.400. The van der Waals surface area contributed by atoms with Crippen LogP contribution in [0.3, 0.4) is 0 Å². The fraction of sp³-hybridized carbons (Fsp3) is 1.00. The number of rotatable bonds is 4. The second-order valence-electron chi connectivity index (χ2n) is 5.59. The average molecular weight is 324 g/mol. The van der Waals surface area contributed by atoms with Gasteiger partial charge in [-0.15, -0.1) is 0 Å². The predicted octanol–water partition coefficient (Wildman–Crippen LogP) is -4.78. The molecule has 22 heavy (non-hydrogen) atoms. The van der Waals surface area contributed by atoms with E-state index in [1.54, 1.807) is 0 Å². The molecule has 0 amide bonds. The van der Waals surface area contributed by atoms with Crippen molar-refractivity contribution in [3.8, 4) is 0 Å². The van der Waals surface area contributed by atoms with Crippen LogP contribution in [0, 0.1) is 0 Å². The molecule has 10 heteroatoms. The minimum absolute atomic E-state index is 0.0600. The van der Waals surface area contributed by atoms with Gasteiger partial charge in [-0.1, -0.05) is 0 Å². The fourth-order valence-corrected chi connectivity index (χ4v) is 2.60. The van der Waals surface area contributed by atoms with Crippen LogP contribution in [0.15, 0.2) is 0 Å². The molecule has 0 aromatic heterocycles. The number of hydrogen-bond acceptors (Lipinski definition) is 10.